The van der Waals surface area contributed by atoms with Gasteiger partial charge in [-0.05, 0) is 87.2 Å². The predicted octanol–water partition coefficient (Wildman–Crippen LogP) is 6.70. The minimum atomic E-state index is -0.0893. The SMILES string of the molecule is COC(=O)CCCCCN(CCCC1=CCCCC1)CCc1cccc2ccccc12. The van der Waals surface area contributed by atoms with Crippen molar-refractivity contribution in [2.75, 3.05) is 26.7 Å². The van der Waals surface area contributed by atoms with Crippen LogP contribution in [0.3, 0.4) is 0 Å². The molecule has 0 amide bonds. The molecule has 0 bridgehead atoms. The summed E-state index contributed by atoms with van der Waals surface area (Å²) in [5, 5.41) is 2.72. The van der Waals surface area contributed by atoms with E-state index in [0.29, 0.717) is 6.42 Å². The van der Waals surface area contributed by atoms with Gasteiger partial charge in [0.1, 0.15) is 0 Å². The first-order valence-electron chi connectivity index (χ1n) is 12.2. The van der Waals surface area contributed by atoms with Gasteiger partial charge in [0, 0.05) is 13.0 Å². The van der Waals surface area contributed by atoms with E-state index in [2.05, 4.69) is 53.4 Å². The summed E-state index contributed by atoms with van der Waals surface area (Å²) in [5.41, 5.74) is 3.13. The van der Waals surface area contributed by atoms with Crippen LogP contribution in [0.2, 0.25) is 0 Å². The molecule has 0 spiro atoms. The minimum absolute atomic E-state index is 0.0893. The molecular weight excluding hydrogens is 382 g/mol. The van der Waals surface area contributed by atoms with Crippen molar-refractivity contribution in [1.82, 2.24) is 4.90 Å². The number of nitrogens with zero attached hydrogens (tertiary/aromatic N) is 1. The van der Waals surface area contributed by atoms with Crippen LogP contribution in [0, 0.1) is 0 Å². The van der Waals surface area contributed by atoms with Crippen LogP contribution in [-0.4, -0.2) is 37.6 Å². The van der Waals surface area contributed by atoms with E-state index in [1.165, 1.54) is 68.5 Å². The standard InChI is InChI=1S/C28H39NO2/c1-31-28(30)19-6-3-9-21-29(22-11-14-24-12-4-2-5-13-24)23-20-26-17-10-16-25-15-7-8-18-27(25)26/h7-8,10,12,15-18H,2-6,9,11,13-14,19-23H2,1H3. The van der Waals surface area contributed by atoms with Crippen molar-refractivity contribution in [3.05, 3.63) is 59.7 Å². The smallest absolute Gasteiger partial charge is 0.305 e. The van der Waals surface area contributed by atoms with Crippen LogP contribution < -0.4 is 0 Å². The summed E-state index contributed by atoms with van der Waals surface area (Å²) in [4.78, 5) is 14.0. The lowest BCUT2D eigenvalue weighted by Gasteiger charge is -2.23. The first-order valence-corrected chi connectivity index (χ1v) is 12.2. The molecule has 168 valence electrons. The van der Waals surface area contributed by atoms with Crippen LogP contribution in [-0.2, 0) is 16.0 Å². The average molecular weight is 422 g/mol. The van der Waals surface area contributed by atoms with E-state index < -0.39 is 0 Å². The van der Waals surface area contributed by atoms with E-state index in [0.717, 1.165) is 38.8 Å². The number of hydrogen-bond acceptors (Lipinski definition) is 3. The van der Waals surface area contributed by atoms with Gasteiger partial charge in [0.05, 0.1) is 7.11 Å². The molecular formula is C28H39NO2. The van der Waals surface area contributed by atoms with Crippen LogP contribution in [0.5, 0.6) is 0 Å². The van der Waals surface area contributed by atoms with Gasteiger partial charge < -0.3 is 9.64 Å². The molecule has 3 nitrogen and oxygen atoms in total. The Morgan fingerprint density at radius 2 is 1.74 bits per heavy atom. The lowest BCUT2D eigenvalue weighted by Crippen LogP contribution is -2.28. The number of unbranched alkanes of at least 4 members (excludes halogenated alkanes) is 2. The highest BCUT2D eigenvalue weighted by atomic mass is 16.5. The number of esters is 1. The summed E-state index contributed by atoms with van der Waals surface area (Å²) in [5.74, 6) is -0.0893. The first-order chi connectivity index (χ1) is 15.3. The van der Waals surface area contributed by atoms with E-state index in [1.54, 1.807) is 5.57 Å². The Bertz CT molecular complexity index is 837. The van der Waals surface area contributed by atoms with Gasteiger partial charge in [0.2, 0.25) is 0 Å². The lowest BCUT2D eigenvalue weighted by molar-refractivity contribution is -0.140. The Morgan fingerprint density at radius 1 is 0.903 bits per heavy atom. The number of methoxy groups -OCH3 is 1. The Kier molecular flexibility index (Phi) is 10.1. The zero-order valence-electron chi connectivity index (χ0n) is 19.3. The van der Waals surface area contributed by atoms with Gasteiger partial charge in [0.25, 0.3) is 0 Å². The summed E-state index contributed by atoms with van der Waals surface area (Å²) in [7, 11) is 1.47. The topological polar surface area (TPSA) is 29.5 Å². The Labute approximate surface area is 188 Å². The highest BCUT2D eigenvalue weighted by Crippen LogP contribution is 2.22. The van der Waals surface area contributed by atoms with Crippen molar-refractivity contribution in [3.63, 3.8) is 0 Å². The number of fused-ring (bicyclic) bond motifs is 1. The van der Waals surface area contributed by atoms with E-state index in [4.69, 9.17) is 4.74 Å². The molecule has 0 heterocycles. The second kappa shape index (κ2) is 13.3. The van der Waals surface area contributed by atoms with Crippen molar-refractivity contribution in [1.29, 1.82) is 0 Å². The molecule has 0 aliphatic heterocycles. The predicted molar refractivity (Wildman–Crippen MR) is 130 cm³/mol. The maximum Gasteiger partial charge on any atom is 0.305 e. The van der Waals surface area contributed by atoms with E-state index in [9.17, 15) is 4.79 Å². The highest BCUT2D eigenvalue weighted by Gasteiger charge is 2.09. The Hall–Kier alpha value is -2.13. The quantitative estimate of drug-likeness (QED) is 0.205. The van der Waals surface area contributed by atoms with E-state index in [-0.39, 0.29) is 5.97 Å². The Balaban J connectivity index is 1.51. The van der Waals surface area contributed by atoms with Gasteiger partial charge in [0.15, 0.2) is 0 Å². The number of hydrogen-bond donors (Lipinski definition) is 0. The molecule has 1 aliphatic carbocycles. The van der Waals surface area contributed by atoms with Crippen LogP contribution in [0.1, 0.15) is 69.8 Å². The summed E-state index contributed by atoms with van der Waals surface area (Å²) >= 11 is 0. The molecule has 0 N–H and O–H groups in total. The lowest BCUT2D eigenvalue weighted by atomic mass is 9.96. The second-order valence-corrected chi connectivity index (χ2v) is 8.83. The number of ether oxygens (including phenoxy) is 1. The first kappa shape index (κ1) is 23.5. The molecule has 0 unspecified atom stereocenters. The van der Waals surface area contributed by atoms with Crippen LogP contribution in [0.25, 0.3) is 10.8 Å². The normalized spacial score (nSPS) is 14.1. The fourth-order valence-electron chi connectivity index (χ4n) is 4.67. The average Bonchev–Trinajstić information content (AvgIpc) is 2.82. The van der Waals surface area contributed by atoms with Gasteiger partial charge in [-0.15, -0.1) is 0 Å². The number of rotatable bonds is 13. The van der Waals surface area contributed by atoms with Gasteiger partial charge >= 0.3 is 5.97 Å². The third-order valence-electron chi connectivity index (χ3n) is 6.52. The highest BCUT2D eigenvalue weighted by molar-refractivity contribution is 5.85. The summed E-state index contributed by atoms with van der Waals surface area (Å²) in [6, 6.07) is 15.4. The zero-order valence-corrected chi connectivity index (χ0v) is 19.3. The van der Waals surface area contributed by atoms with Crippen molar-refractivity contribution < 1.29 is 9.53 Å². The molecule has 31 heavy (non-hydrogen) atoms. The number of benzene rings is 2. The third-order valence-corrected chi connectivity index (χ3v) is 6.52. The Morgan fingerprint density at radius 3 is 2.58 bits per heavy atom. The molecule has 0 saturated carbocycles. The molecule has 1 aliphatic rings. The molecule has 3 rings (SSSR count). The molecule has 0 atom stereocenters. The van der Waals surface area contributed by atoms with Gasteiger partial charge in [-0.25, -0.2) is 0 Å². The summed E-state index contributed by atoms with van der Waals surface area (Å²) in [6.07, 6.45) is 15.1. The molecule has 0 fully saturated rings. The van der Waals surface area contributed by atoms with Crippen LogP contribution >= 0.6 is 0 Å². The summed E-state index contributed by atoms with van der Waals surface area (Å²) in [6.45, 7) is 3.38. The van der Waals surface area contributed by atoms with Crippen molar-refractivity contribution in [2.45, 2.75) is 70.6 Å². The van der Waals surface area contributed by atoms with Crippen molar-refractivity contribution in [3.8, 4) is 0 Å². The van der Waals surface area contributed by atoms with Gasteiger partial charge in [-0.2, -0.15) is 0 Å². The van der Waals surface area contributed by atoms with Crippen molar-refractivity contribution in [2.24, 2.45) is 0 Å². The maximum absolute atomic E-state index is 11.3. The minimum Gasteiger partial charge on any atom is -0.469 e. The maximum atomic E-state index is 11.3. The molecule has 2 aromatic carbocycles. The number of carbonyl (C=O) groups excluding carboxylic acids is 1. The van der Waals surface area contributed by atoms with Crippen molar-refractivity contribution >= 4 is 16.7 Å². The molecule has 2 aromatic rings. The van der Waals surface area contributed by atoms with Crippen LogP contribution in [0.15, 0.2) is 54.1 Å². The molecule has 0 radical (unpaired) electrons. The molecule has 0 aromatic heterocycles. The van der Waals surface area contributed by atoms with Gasteiger partial charge in [-0.3, -0.25) is 4.79 Å². The number of carbonyl (C=O) groups is 1. The fourth-order valence-corrected chi connectivity index (χ4v) is 4.67. The molecule has 0 saturated heterocycles. The van der Waals surface area contributed by atoms with E-state index >= 15 is 0 Å². The van der Waals surface area contributed by atoms with E-state index in [1.807, 2.05) is 0 Å². The second-order valence-electron chi connectivity index (χ2n) is 8.83. The van der Waals surface area contributed by atoms with Gasteiger partial charge in [-0.1, -0.05) is 60.5 Å². The monoisotopic (exact) mass is 421 g/mol. The molecule has 3 heteroatoms. The number of allylic oxidation sites excluding steroid dienone is 2. The summed E-state index contributed by atoms with van der Waals surface area (Å²) < 4.78 is 4.76. The fraction of sp³-hybridized carbons (Fsp3) is 0.536. The zero-order chi connectivity index (χ0) is 21.7. The largest absolute Gasteiger partial charge is 0.469 e. The third kappa shape index (κ3) is 8.14. The van der Waals surface area contributed by atoms with Crippen LogP contribution in [0.4, 0.5) is 0 Å².